The van der Waals surface area contributed by atoms with Gasteiger partial charge in [0, 0.05) is 0 Å². The van der Waals surface area contributed by atoms with Crippen LogP contribution in [-0.2, 0) is 5.41 Å². The van der Waals surface area contributed by atoms with E-state index in [1.807, 2.05) is 12.1 Å². The summed E-state index contributed by atoms with van der Waals surface area (Å²) in [4.78, 5) is 0. The Balaban J connectivity index is 1.15. The van der Waals surface area contributed by atoms with Gasteiger partial charge in [0.1, 0.15) is 0 Å². The summed E-state index contributed by atoms with van der Waals surface area (Å²) in [7, 11) is 0. The zero-order valence-corrected chi connectivity index (χ0v) is 29.2. The Morgan fingerprint density at radius 1 is 0.480 bits per heavy atom. The molecular weight excluding hydrogens is 673 g/mol. The number of para-hydroxylation sites is 2. The Labute approximate surface area is 294 Å². The van der Waals surface area contributed by atoms with Crippen molar-refractivity contribution in [3.63, 3.8) is 0 Å². The number of nitrogens with zero attached hydrogens (tertiary/aromatic N) is 3. The topological polar surface area (TPSA) is 33.6 Å². The van der Waals surface area contributed by atoms with Crippen molar-refractivity contribution in [3.05, 3.63) is 156 Å². The van der Waals surface area contributed by atoms with E-state index < -0.39 is 0 Å². The Bertz CT molecular complexity index is 3140. The molecule has 0 amide bonds. The summed E-state index contributed by atoms with van der Waals surface area (Å²) in [6, 6.07) is 53.7. The molecule has 1 aliphatic carbocycles. The molecule has 0 N–H and O–H groups in total. The van der Waals surface area contributed by atoms with E-state index in [0.717, 1.165) is 27.5 Å². The average Bonchev–Trinajstić information content (AvgIpc) is 3.85. The van der Waals surface area contributed by atoms with Gasteiger partial charge in [-0.1, -0.05) is 0 Å². The van der Waals surface area contributed by atoms with Crippen molar-refractivity contribution in [3.8, 4) is 28.6 Å². The van der Waals surface area contributed by atoms with Gasteiger partial charge in [0.25, 0.3) is 0 Å². The molecule has 50 heavy (non-hydrogen) atoms. The van der Waals surface area contributed by atoms with E-state index in [1.54, 1.807) is 0 Å². The summed E-state index contributed by atoms with van der Waals surface area (Å²) in [6.45, 7) is 4.73. The Hall–Kier alpha value is -5.85. The van der Waals surface area contributed by atoms with Gasteiger partial charge in [0.05, 0.1) is 0 Å². The van der Waals surface area contributed by atoms with Crippen molar-refractivity contribution < 1.29 is 0 Å². The van der Waals surface area contributed by atoms with Gasteiger partial charge in [-0.25, -0.2) is 0 Å². The molecule has 0 spiro atoms. The van der Waals surface area contributed by atoms with Crippen molar-refractivity contribution in [1.29, 1.82) is 5.26 Å². The maximum atomic E-state index is 9.64. The van der Waals surface area contributed by atoms with Crippen LogP contribution in [0.1, 0.15) is 30.5 Å². The van der Waals surface area contributed by atoms with Crippen molar-refractivity contribution in [1.82, 2.24) is 9.13 Å². The third kappa shape index (κ3) is 3.63. The average molecular weight is 703 g/mol. The van der Waals surface area contributed by atoms with Crippen molar-refractivity contribution in [2.24, 2.45) is 0 Å². The van der Waals surface area contributed by atoms with E-state index in [1.165, 1.54) is 69.0 Å². The summed E-state index contributed by atoms with van der Waals surface area (Å²) >= 11 is 0.238. The maximum absolute atomic E-state index is 9.64. The molecule has 11 rings (SSSR count). The van der Waals surface area contributed by atoms with Gasteiger partial charge >= 0.3 is 296 Å². The van der Waals surface area contributed by atoms with E-state index in [-0.39, 0.29) is 19.9 Å². The Kier molecular flexibility index (Phi) is 5.53. The molecule has 10 aromatic rings. The van der Waals surface area contributed by atoms with Gasteiger partial charge in [-0.2, -0.15) is 0 Å². The number of fused-ring (bicyclic) bond motifs is 12. The fraction of sp³-hybridized carbons (Fsp3) is 0.0652. The molecule has 0 saturated heterocycles. The molecule has 0 fully saturated rings. The van der Waals surface area contributed by atoms with Crippen LogP contribution in [0.2, 0.25) is 0 Å². The number of benzene rings is 7. The number of rotatable bonds is 2. The third-order valence-electron chi connectivity index (χ3n) is 11.1. The molecule has 0 saturated carbocycles. The molecule has 0 unspecified atom stereocenters. The van der Waals surface area contributed by atoms with Crippen LogP contribution >= 0.6 is 0 Å². The van der Waals surface area contributed by atoms with Gasteiger partial charge in [-0.05, 0) is 0 Å². The molecule has 1 aliphatic rings. The fourth-order valence-electron chi connectivity index (χ4n) is 8.79. The molecule has 234 valence electrons. The number of aromatic nitrogens is 2. The number of nitriles is 1. The first-order valence-corrected chi connectivity index (χ1v) is 18.8. The first-order chi connectivity index (χ1) is 24.5. The van der Waals surface area contributed by atoms with E-state index in [9.17, 15) is 5.26 Å². The van der Waals surface area contributed by atoms with Gasteiger partial charge in [-0.15, -0.1) is 0 Å². The third-order valence-corrected chi connectivity index (χ3v) is 13.5. The van der Waals surface area contributed by atoms with Gasteiger partial charge in [0.2, 0.25) is 0 Å². The molecule has 3 heterocycles. The van der Waals surface area contributed by atoms with E-state index >= 15 is 0 Å². The van der Waals surface area contributed by atoms with Crippen LogP contribution in [0.3, 0.4) is 0 Å². The predicted octanol–water partition coefficient (Wildman–Crippen LogP) is 11.4. The monoisotopic (exact) mass is 703 g/mol. The van der Waals surface area contributed by atoms with Crippen LogP contribution < -0.4 is 0 Å². The Morgan fingerprint density at radius 2 is 1.06 bits per heavy atom. The molecule has 0 bridgehead atoms. The first kappa shape index (κ1) is 28.0. The minimum absolute atomic E-state index is 0.0693. The molecule has 4 heteroatoms. The van der Waals surface area contributed by atoms with Crippen LogP contribution in [-0.4, -0.2) is 23.6 Å². The molecular formula is C46H29N3Se. The molecule has 0 atom stereocenters. The molecule has 3 nitrogen and oxygen atoms in total. The predicted molar refractivity (Wildman–Crippen MR) is 209 cm³/mol. The molecule has 3 aromatic heterocycles. The van der Waals surface area contributed by atoms with E-state index in [4.69, 9.17) is 0 Å². The van der Waals surface area contributed by atoms with Crippen molar-refractivity contribution in [2.45, 2.75) is 19.3 Å². The van der Waals surface area contributed by atoms with E-state index in [0.29, 0.717) is 5.56 Å². The molecule has 0 aliphatic heterocycles. The van der Waals surface area contributed by atoms with Crippen LogP contribution in [0.5, 0.6) is 0 Å². The summed E-state index contributed by atoms with van der Waals surface area (Å²) < 4.78 is 7.68. The zero-order valence-electron chi connectivity index (χ0n) is 27.5. The minimum atomic E-state index is -0.0693. The van der Waals surface area contributed by atoms with E-state index in [2.05, 4.69) is 156 Å². The van der Waals surface area contributed by atoms with Crippen molar-refractivity contribution >= 4 is 77.4 Å². The summed E-state index contributed by atoms with van der Waals surface area (Å²) in [5.41, 5.74) is 13.2. The van der Waals surface area contributed by atoms with Crippen LogP contribution in [0.25, 0.3) is 85.4 Å². The standard InChI is InChI=1S/C46H29N3Se/c1-46(2)38-12-6-3-9-30(38)33-24-35-32-11-5-8-14-41(32)49(43(35)25-39(33)46)29-17-20-45-37(23-29)36-22-28(16-19-44(36)50-45)48-40-13-7-4-10-31(40)34-21-27(26-47)15-18-42(34)48/h3-25H,1-2H3. The zero-order chi connectivity index (χ0) is 33.3. The van der Waals surface area contributed by atoms with Gasteiger partial charge < -0.3 is 0 Å². The Morgan fingerprint density at radius 3 is 1.74 bits per heavy atom. The van der Waals surface area contributed by atoms with Crippen LogP contribution in [0.4, 0.5) is 0 Å². The SMILES string of the molecule is CC1(C)c2ccccc2-c2cc3c4ccccc4n(-c4ccc5[se]c6ccc(-n7c8ccccc8c8cc(C#N)ccc87)cc6c5c4)c3cc21. The first-order valence-electron chi connectivity index (χ1n) is 17.1. The summed E-state index contributed by atoms with van der Waals surface area (Å²) in [5.74, 6) is 0. The fourth-order valence-corrected chi connectivity index (χ4v) is 11.0. The van der Waals surface area contributed by atoms with Crippen LogP contribution in [0.15, 0.2) is 140 Å². The molecule has 7 aromatic carbocycles. The summed E-state index contributed by atoms with van der Waals surface area (Å²) in [5, 5.41) is 17.1. The second kappa shape index (κ2) is 9.87. The second-order valence-electron chi connectivity index (χ2n) is 14.1. The second-order valence-corrected chi connectivity index (χ2v) is 16.4. The van der Waals surface area contributed by atoms with Gasteiger partial charge in [0.15, 0.2) is 0 Å². The quantitative estimate of drug-likeness (QED) is 0.165. The number of hydrogen-bond donors (Lipinski definition) is 0. The molecule has 0 radical (unpaired) electrons. The van der Waals surface area contributed by atoms with Gasteiger partial charge in [-0.3, -0.25) is 0 Å². The summed E-state index contributed by atoms with van der Waals surface area (Å²) in [6.07, 6.45) is 0. The van der Waals surface area contributed by atoms with Crippen molar-refractivity contribution in [2.75, 3.05) is 0 Å². The normalized spacial score (nSPS) is 13.5. The van der Waals surface area contributed by atoms with Crippen LogP contribution in [0, 0.1) is 11.3 Å². The number of hydrogen-bond acceptors (Lipinski definition) is 1.